The number of ether oxygens (including phenoxy) is 2. The van der Waals surface area contributed by atoms with Crippen molar-refractivity contribution in [3.05, 3.63) is 145 Å². The normalized spacial score (nSPS) is 12.1. The van der Waals surface area contributed by atoms with Gasteiger partial charge in [-0.1, -0.05) is 12.1 Å². The van der Waals surface area contributed by atoms with Gasteiger partial charge in [0.05, 0.1) is 33.5 Å². The summed E-state index contributed by atoms with van der Waals surface area (Å²) in [5.41, 5.74) is -7.26. The molecule has 0 amide bonds. The summed E-state index contributed by atoms with van der Waals surface area (Å²) in [4.78, 5) is 24.1. The highest BCUT2D eigenvalue weighted by Crippen LogP contribution is 2.40. The molecule has 4 heterocycles. The van der Waals surface area contributed by atoms with Crippen LogP contribution in [0.1, 0.15) is 11.1 Å². The molecule has 63 heavy (non-hydrogen) atoms. The summed E-state index contributed by atoms with van der Waals surface area (Å²) >= 11 is 0. The number of alkyl halides is 9. The van der Waals surface area contributed by atoms with Crippen LogP contribution in [0.25, 0.3) is 44.3 Å². The molecule has 12 nitrogen and oxygen atoms in total. The molecular formula is C41H23F9N6O6S. The third-order valence-corrected chi connectivity index (χ3v) is 9.52. The van der Waals surface area contributed by atoms with E-state index < -0.39 is 56.2 Å². The number of rotatable bonds is 8. The molecule has 0 saturated carbocycles. The van der Waals surface area contributed by atoms with Crippen LogP contribution in [0.4, 0.5) is 39.5 Å². The molecule has 0 spiro atoms. The van der Waals surface area contributed by atoms with E-state index in [-0.39, 0.29) is 40.5 Å². The maximum atomic E-state index is 13.1. The van der Waals surface area contributed by atoms with Crippen LogP contribution in [-0.4, -0.2) is 48.9 Å². The molecule has 322 valence electrons. The number of fused-ring (bicyclic) bond motifs is 2. The van der Waals surface area contributed by atoms with Gasteiger partial charge in [0, 0.05) is 58.6 Å². The van der Waals surface area contributed by atoms with Gasteiger partial charge in [0.2, 0.25) is 11.8 Å². The Labute approximate surface area is 348 Å². The Morgan fingerprint density at radius 3 is 1.46 bits per heavy atom. The molecular weight excluding hydrogens is 876 g/mol. The highest BCUT2D eigenvalue weighted by atomic mass is 32.2. The van der Waals surface area contributed by atoms with E-state index in [1.54, 1.807) is 48.8 Å². The molecule has 4 aromatic carbocycles. The summed E-state index contributed by atoms with van der Waals surface area (Å²) in [5.74, 6) is -0.933. The quantitative estimate of drug-likeness (QED) is 0.0875. The lowest BCUT2D eigenvalue weighted by Crippen LogP contribution is -2.28. The molecule has 0 unspecified atom stereocenters. The summed E-state index contributed by atoms with van der Waals surface area (Å²) in [7, 11) is -6.27. The topological polar surface area (TPSA) is 159 Å². The van der Waals surface area contributed by atoms with Crippen molar-refractivity contribution in [2.45, 2.75) is 17.9 Å². The van der Waals surface area contributed by atoms with Crippen molar-refractivity contribution in [3.63, 3.8) is 0 Å². The zero-order chi connectivity index (χ0) is 45.2. The molecule has 0 aliphatic heterocycles. The van der Waals surface area contributed by atoms with E-state index in [9.17, 15) is 53.0 Å². The summed E-state index contributed by atoms with van der Waals surface area (Å²) in [6.07, 6.45) is -4.15. The Morgan fingerprint density at radius 2 is 0.984 bits per heavy atom. The molecule has 0 atom stereocenters. The third-order valence-electron chi connectivity index (χ3n) is 8.55. The van der Waals surface area contributed by atoms with Gasteiger partial charge in [0.1, 0.15) is 29.9 Å². The average molecular weight is 899 g/mol. The second-order valence-corrected chi connectivity index (χ2v) is 14.4. The molecule has 0 bridgehead atoms. The molecule has 8 aromatic rings. The van der Waals surface area contributed by atoms with Gasteiger partial charge in [-0.2, -0.15) is 47.9 Å². The first kappa shape index (κ1) is 43.5. The molecule has 0 saturated heterocycles. The number of nitrogens with zero attached hydrogens (tertiary/aromatic N) is 6. The summed E-state index contributed by atoms with van der Waals surface area (Å²) in [6, 6.07) is 24.2. The lowest BCUT2D eigenvalue weighted by atomic mass is 10.1. The number of phenolic OH excluding ortho intramolecular Hbond substituents is 1. The molecule has 0 aliphatic rings. The van der Waals surface area contributed by atoms with Crippen molar-refractivity contribution in [2.75, 3.05) is 0 Å². The molecule has 1 N–H and O–H groups in total. The molecule has 0 aliphatic carbocycles. The largest absolute Gasteiger partial charge is 0.534 e. The van der Waals surface area contributed by atoms with Gasteiger partial charge in [-0.3, -0.25) is 9.97 Å². The van der Waals surface area contributed by atoms with Crippen LogP contribution < -0.4 is 13.7 Å². The lowest BCUT2D eigenvalue weighted by molar-refractivity contribution is -0.138. The number of hydrogen-bond donors (Lipinski definition) is 1. The summed E-state index contributed by atoms with van der Waals surface area (Å²) in [5, 5.41) is 11.8. The van der Waals surface area contributed by atoms with Crippen LogP contribution >= 0.6 is 0 Å². The first-order valence-corrected chi connectivity index (χ1v) is 19.0. The smallest absolute Gasteiger partial charge is 0.507 e. The minimum absolute atomic E-state index is 0.130. The Balaban J connectivity index is 0.000000193. The first-order chi connectivity index (χ1) is 29.7. The van der Waals surface area contributed by atoms with E-state index in [1.807, 2.05) is 24.3 Å². The van der Waals surface area contributed by atoms with Gasteiger partial charge in [0.25, 0.3) is 0 Å². The number of pyridine rings is 2. The van der Waals surface area contributed by atoms with E-state index in [1.165, 1.54) is 12.4 Å². The van der Waals surface area contributed by atoms with E-state index >= 15 is 0 Å². The fourth-order valence-electron chi connectivity index (χ4n) is 5.62. The number of aromatic hydroxyl groups is 1. The third kappa shape index (κ3) is 10.3. The SMILES string of the molecule is O=S(=O)(Oc1cc(C(F)(F)F)ccc1-c1cc(Oc2ccc3cccnc3c2)ncn1)C(F)(F)F.Oc1cc(C(F)(F)F)ccc1-c1cc(Oc2ccc3cccnc3c2)ncn1. The van der Waals surface area contributed by atoms with Crippen LogP contribution in [-0.2, 0) is 22.5 Å². The lowest BCUT2D eigenvalue weighted by Gasteiger charge is -2.15. The van der Waals surface area contributed by atoms with Gasteiger partial charge >= 0.3 is 28.0 Å². The van der Waals surface area contributed by atoms with Crippen molar-refractivity contribution < 1.29 is 66.7 Å². The number of aromatic nitrogens is 6. The van der Waals surface area contributed by atoms with E-state index in [0.29, 0.717) is 23.4 Å². The van der Waals surface area contributed by atoms with E-state index in [2.05, 4.69) is 34.1 Å². The molecule has 0 fully saturated rings. The van der Waals surface area contributed by atoms with Crippen LogP contribution in [0.5, 0.6) is 34.8 Å². The average Bonchev–Trinajstić information content (AvgIpc) is 3.23. The Hall–Kier alpha value is -7.62. The fourth-order valence-corrected chi connectivity index (χ4v) is 6.08. The summed E-state index contributed by atoms with van der Waals surface area (Å²) < 4.78 is 154. The van der Waals surface area contributed by atoms with Crippen molar-refractivity contribution in [2.24, 2.45) is 0 Å². The molecule has 8 rings (SSSR count). The van der Waals surface area contributed by atoms with Crippen LogP contribution in [0, 0.1) is 0 Å². The van der Waals surface area contributed by atoms with E-state index in [4.69, 9.17) is 9.47 Å². The van der Waals surface area contributed by atoms with Crippen molar-refractivity contribution in [1.82, 2.24) is 29.9 Å². The van der Waals surface area contributed by atoms with Gasteiger partial charge in [0.15, 0.2) is 5.75 Å². The Bertz CT molecular complexity index is 3080. The number of hydrogen-bond acceptors (Lipinski definition) is 12. The number of phenols is 1. The van der Waals surface area contributed by atoms with Crippen LogP contribution in [0.3, 0.4) is 0 Å². The first-order valence-electron chi connectivity index (χ1n) is 17.6. The van der Waals surface area contributed by atoms with Crippen LogP contribution in [0.2, 0.25) is 0 Å². The molecule has 4 aromatic heterocycles. The number of halogens is 9. The van der Waals surface area contributed by atoms with Gasteiger partial charge in [-0.15, -0.1) is 0 Å². The maximum absolute atomic E-state index is 13.1. The summed E-state index contributed by atoms with van der Waals surface area (Å²) in [6.45, 7) is 0. The molecule has 22 heteroatoms. The fraction of sp³-hybridized carbons (Fsp3) is 0.0732. The monoisotopic (exact) mass is 898 g/mol. The van der Waals surface area contributed by atoms with Crippen molar-refractivity contribution in [1.29, 1.82) is 0 Å². The second-order valence-electron chi connectivity index (χ2n) is 12.8. The van der Waals surface area contributed by atoms with Gasteiger partial charge in [-0.25, -0.2) is 19.9 Å². The second kappa shape index (κ2) is 17.0. The highest BCUT2D eigenvalue weighted by molar-refractivity contribution is 7.88. The minimum atomic E-state index is -6.27. The predicted octanol–water partition coefficient (Wildman–Crippen LogP) is 10.9. The zero-order valence-electron chi connectivity index (χ0n) is 31.2. The van der Waals surface area contributed by atoms with Gasteiger partial charge in [-0.05, 0) is 72.8 Å². The van der Waals surface area contributed by atoms with Crippen molar-refractivity contribution >= 4 is 31.9 Å². The Kier molecular flexibility index (Phi) is 11.8. The Morgan fingerprint density at radius 1 is 0.508 bits per heavy atom. The minimum Gasteiger partial charge on any atom is -0.507 e. The standard InChI is InChI=1S/C21H11F6N3O4S.C20H12F3N3O2/c22-20(23,24)13-4-6-15(18(8-13)34-35(31,32)21(25,26)27)17-10-19(30-11-29-17)33-14-5-3-12-2-1-7-28-16(12)9-14;21-20(22,23)13-4-6-15(18(27)8-13)17-10-19(26-11-25-17)28-14-5-3-12-2-1-7-24-16(12)9-14/h1-11H;1-11,27H. The van der Waals surface area contributed by atoms with Crippen LogP contribution in [0.15, 0.2) is 134 Å². The van der Waals surface area contributed by atoms with Crippen molar-refractivity contribution in [3.8, 4) is 57.3 Å². The zero-order valence-corrected chi connectivity index (χ0v) is 32.0. The molecule has 0 radical (unpaired) electrons. The number of benzene rings is 4. The van der Waals surface area contributed by atoms with E-state index in [0.717, 1.165) is 46.9 Å². The highest BCUT2D eigenvalue weighted by Gasteiger charge is 2.49. The predicted molar refractivity (Wildman–Crippen MR) is 206 cm³/mol. The maximum Gasteiger partial charge on any atom is 0.534 e. The van der Waals surface area contributed by atoms with Gasteiger partial charge < -0.3 is 18.8 Å².